The minimum absolute atomic E-state index is 0.136. The van der Waals surface area contributed by atoms with Gasteiger partial charge in [-0.15, -0.1) is 0 Å². The molecule has 4 heteroatoms. The molecule has 1 aliphatic rings. The maximum absolute atomic E-state index is 13.3. The summed E-state index contributed by atoms with van der Waals surface area (Å²) in [5.41, 5.74) is 0. The Labute approximate surface area is 114 Å². The first-order valence-electron chi connectivity index (χ1n) is 7.03. The second kappa shape index (κ2) is 7.46. The molecule has 0 radical (unpaired) electrons. The largest absolute Gasteiger partial charge is 0.488 e. The average Bonchev–Trinajstić information content (AvgIpc) is 2.66. The molecule has 1 fully saturated rings. The molecule has 1 atom stereocenters. The second-order valence-electron chi connectivity index (χ2n) is 5.11. The molecule has 2 rings (SSSR count). The summed E-state index contributed by atoms with van der Waals surface area (Å²) < 4.78 is 18.7. The Kier molecular flexibility index (Phi) is 5.61. The van der Waals surface area contributed by atoms with Crippen LogP contribution in [0.4, 0.5) is 4.39 Å². The van der Waals surface area contributed by atoms with Gasteiger partial charge in [-0.3, -0.25) is 0 Å². The summed E-state index contributed by atoms with van der Waals surface area (Å²) in [4.78, 5) is 2.27. The molecule has 0 saturated carbocycles. The number of rotatable bonds is 5. The highest BCUT2D eigenvalue weighted by Crippen LogP contribution is 2.16. The van der Waals surface area contributed by atoms with Crippen molar-refractivity contribution in [3.8, 4) is 5.75 Å². The minimum atomic E-state index is -0.572. The zero-order valence-electron chi connectivity index (χ0n) is 11.2. The van der Waals surface area contributed by atoms with E-state index in [0.29, 0.717) is 6.54 Å². The predicted octanol–water partition coefficient (Wildman–Crippen LogP) is 2.44. The van der Waals surface area contributed by atoms with Crippen LogP contribution in [0, 0.1) is 5.82 Å². The molecule has 0 amide bonds. The molecule has 19 heavy (non-hydrogen) atoms. The fourth-order valence-corrected chi connectivity index (χ4v) is 2.42. The van der Waals surface area contributed by atoms with Gasteiger partial charge in [0.2, 0.25) is 0 Å². The molecule has 1 heterocycles. The summed E-state index contributed by atoms with van der Waals surface area (Å²) in [6.45, 7) is 2.82. The van der Waals surface area contributed by atoms with Gasteiger partial charge in [-0.1, -0.05) is 25.0 Å². The first-order chi connectivity index (χ1) is 9.25. The van der Waals surface area contributed by atoms with Crippen LogP contribution in [0.25, 0.3) is 0 Å². The van der Waals surface area contributed by atoms with Crippen molar-refractivity contribution >= 4 is 0 Å². The summed E-state index contributed by atoms with van der Waals surface area (Å²) in [7, 11) is 0. The Bertz CT molecular complexity index is 378. The van der Waals surface area contributed by atoms with Crippen molar-refractivity contribution < 1.29 is 14.2 Å². The molecule has 106 valence electrons. The van der Waals surface area contributed by atoms with E-state index in [2.05, 4.69) is 4.90 Å². The van der Waals surface area contributed by atoms with Crippen LogP contribution in [-0.2, 0) is 0 Å². The van der Waals surface area contributed by atoms with E-state index in [1.165, 1.54) is 31.7 Å². The number of para-hydroxylation sites is 1. The zero-order chi connectivity index (χ0) is 13.5. The summed E-state index contributed by atoms with van der Waals surface area (Å²) in [5, 5.41) is 9.96. The van der Waals surface area contributed by atoms with E-state index in [1.807, 2.05) is 0 Å². The van der Waals surface area contributed by atoms with Gasteiger partial charge in [-0.05, 0) is 38.1 Å². The summed E-state index contributed by atoms with van der Waals surface area (Å²) >= 11 is 0. The van der Waals surface area contributed by atoms with Crippen LogP contribution < -0.4 is 4.74 Å². The second-order valence-corrected chi connectivity index (χ2v) is 5.11. The number of ether oxygens (including phenoxy) is 1. The third-order valence-electron chi connectivity index (χ3n) is 3.44. The molecule has 1 aromatic rings. The molecule has 1 aromatic carbocycles. The first kappa shape index (κ1) is 14.3. The number of hydrogen-bond acceptors (Lipinski definition) is 3. The molecular formula is C15H22FNO2. The number of likely N-dealkylation sites (tertiary alicyclic amines) is 1. The highest BCUT2D eigenvalue weighted by Gasteiger charge is 2.14. The number of aliphatic hydroxyl groups excluding tert-OH is 1. The molecule has 0 bridgehead atoms. The number of β-amino-alcohol motifs (C(OH)–C–C–N with tert-alkyl or cyclic N) is 1. The summed E-state index contributed by atoms with van der Waals surface area (Å²) in [6.07, 6.45) is 4.37. The van der Waals surface area contributed by atoms with E-state index < -0.39 is 6.10 Å². The molecule has 0 aromatic heterocycles. The van der Waals surface area contributed by atoms with Crippen molar-refractivity contribution in [3.05, 3.63) is 30.1 Å². The lowest BCUT2D eigenvalue weighted by atomic mass is 10.2. The number of nitrogens with zero attached hydrogens (tertiary/aromatic N) is 1. The molecule has 0 aliphatic carbocycles. The van der Waals surface area contributed by atoms with Crippen molar-refractivity contribution in [3.63, 3.8) is 0 Å². The number of aliphatic hydroxyl groups is 1. The van der Waals surface area contributed by atoms with Gasteiger partial charge in [-0.2, -0.15) is 0 Å². The SMILES string of the molecule is O[C@@H](COc1ccccc1F)CN1CCCCCC1. The Morgan fingerprint density at radius 1 is 1.16 bits per heavy atom. The number of benzene rings is 1. The van der Waals surface area contributed by atoms with Gasteiger partial charge in [0.05, 0.1) is 0 Å². The first-order valence-corrected chi connectivity index (χ1v) is 7.03. The molecule has 1 aliphatic heterocycles. The molecule has 3 nitrogen and oxygen atoms in total. The van der Waals surface area contributed by atoms with Crippen LogP contribution in [0.3, 0.4) is 0 Å². The Morgan fingerprint density at radius 2 is 1.84 bits per heavy atom. The summed E-state index contributed by atoms with van der Waals surface area (Å²) in [6, 6.07) is 6.28. The van der Waals surface area contributed by atoms with Crippen molar-refractivity contribution in [1.29, 1.82) is 0 Å². The highest BCUT2D eigenvalue weighted by molar-refractivity contribution is 5.23. The number of halogens is 1. The molecule has 0 spiro atoms. The van der Waals surface area contributed by atoms with Crippen LogP contribution in [0.15, 0.2) is 24.3 Å². The van der Waals surface area contributed by atoms with Crippen molar-refractivity contribution in [2.24, 2.45) is 0 Å². The summed E-state index contributed by atoms with van der Waals surface area (Å²) in [5.74, 6) is -0.179. The van der Waals surface area contributed by atoms with Crippen molar-refractivity contribution in [1.82, 2.24) is 4.90 Å². The third-order valence-corrected chi connectivity index (χ3v) is 3.44. The smallest absolute Gasteiger partial charge is 0.165 e. The van der Waals surface area contributed by atoms with E-state index in [9.17, 15) is 9.50 Å². The maximum Gasteiger partial charge on any atom is 0.165 e. The van der Waals surface area contributed by atoms with Gasteiger partial charge < -0.3 is 14.7 Å². The van der Waals surface area contributed by atoms with Gasteiger partial charge in [-0.25, -0.2) is 4.39 Å². The van der Waals surface area contributed by atoms with E-state index in [0.717, 1.165) is 13.1 Å². The van der Waals surface area contributed by atoms with E-state index in [4.69, 9.17) is 4.74 Å². The van der Waals surface area contributed by atoms with Crippen LogP contribution >= 0.6 is 0 Å². The lowest BCUT2D eigenvalue weighted by Gasteiger charge is -2.23. The molecule has 1 saturated heterocycles. The third kappa shape index (κ3) is 4.80. The van der Waals surface area contributed by atoms with Gasteiger partial charge in [0.25, 0.3) is 0 Å². The standard InChI is InChI=1S/C15H22FNO2/c16-14-7-3-4-8-15(14)19-12-13(18)11-17-9-5-1-2-6-10-17/h3-4,7-8,13,18H,1-2,5-6,9-12H2/t13-/m1/s1. The van der Waals surface area contributed by atoms with Crippen molar-refractivity contribution in [2.45, 2.75) is 31.8 Å². The van der Waals surface area contributed by atoms with Gasteiger partial charge in [0.15, 0.2) is 11.6 Å². The Balaban J connectivity index is 1.74. The predicted molar refractivity (Wildman–Crippen MR) is 72.8 cm³/mol. The van der Waals surface area contributed by atoms with Gasteiger partial charge in [0.1, 0.15) is 12.7 Å². The van der Waals surface area contributed by atoms with Crippen LogP contribution in [-0.4, -0.2) is 42.4 Å². The zero-order valence-corrected chi connectivity index (χ0v) is 11.2. The topological polar surface area (TPSA) is 32.7 Å². The lowest BCUT2D eigenvalue weighted by molar-refractivity contribution is 0.0679. The van der Waals surface area contributed by atoms with E-state index in [1.54, 1.807) is 18.2 Å². The van der Waals surface area contributed by atoms with E-state index in [-0.39, 0.29) is 18.2 Å². The fraction of sp³-hybridized carbons (Fsp3) is 0.600. The molecule has 1 N–H and O–H groups in total. The van der Waals surface area contributed by atoms with Gasteiger partial charge in [0, 0.05) is 6.54 Å². The molecular weight excluding hydrogens is 245 g/mol. The molecule has 0 unspecified atom stereocenters. The van der Waals surface area contributed by atoms with Crippen LogP contribution in [0.1, 0.15) is 25.7 Å². The monoisotopic (exact) mass is 267 g/mol. The Morgan fingerprint density at radius 3 is 2.53 bits per heavy atom. The highest BCUT2D eigenvalue weighted by atomic mass is 19.1. The quantitative estimate of drug-likeness (QED) is 0.889. The average molecular weight is 267 g/mol. The van der Waals surface area contributed by atoms with Crippen LogP contribution in [0.2, 0.25) is 0 Å². The van der Waals surface area contributed by atoms with Gasteiger partial charge >= 0.3 is 0 Å². The normalized spacial score (nSPS) is 18.8. The Hall–Kier alpha value is -1.13. The van der Waals surface area contributed by atoms with Crippen LogP contribution in [0.5, 0.6) is 5.75 Å². The van der Waals surface area contributed by atoms with Crippen molar-refractivity contribution in [2.75, 3.05) is 26.2 Å². The van der Waals surface area contributed by atoms with E-state index >= 15 is 0 Å². The fourth-order valence-electron chi connectivity index (χ4n) is 2.42. The lowest BCUT2D eigenvalue weighted by Crippen LogP contribution is -2.36. The minimum Gasteiger partial charge on any atom is -0.488 e. The number of hydrogen-bond donors (Lipinski definition) is 1. The maximum atomic E-state index is 13.3.